The summed E-state index contributed by atoms with van der Waals surface area (Å²) in [7, 11) is 0. The van der Waals surface area contributed by atoms with E-state index in [-0.39, 0.29) is 11.9 Å². The number of nitrogens with two attached hydrogens (primary N) is 1. The molecular formula is C15H17BrFN. The zero-order valence-electron chi connectivity index (χ0n) is 10.2. The quantitative estimate of drug-likeness (QED) is 0.881. The maximum absolute atomic E-state index is 13.3. The maximum atomic E-state index is 13.3. The topological polar surface area (TPSA) is 26.0 Å². The Bertz CT molecular complexity index is 487. The molecule has 3 saturated carbocycles. The molecule has 3 fully saturated rings. The number of hydrogen-bond acceptors (Lipinski definition) is 1. The standard InChI is InChI=1S/C15H17BrFN/c16-10-6-9(3-4-11(10)17)15(18)14-12-7-1-2-8(5-7)13(12)14/h3-4,6-8,12-15H,1-2,5,18H2. The van der Waals surface area contributed by atoms with E-state index in [1.165, 1.54) is 25.3 Å². The van der Waals surface area contributed by atoms with Crippen LogP contribution in [0.2, 0.25) is 0 Å². The van der Waals surface area contributed by atoms with Crippen LogP contribution in [0.5, 0.6) is 0 Å². The largest absolute Gasteiger partial charge is 0.324 e. The molecule has 3 aliphatic rings. The van der Waals surface area contributed by atoms with E-state index in [2.05, 4.69) is 15.9 Å². The van der Waals surface area contributed by atoms with Crippen LogP contribution in [0.1, 0.15) is 30.9 Å². The molecule has 3 aliphatic carbocycles. The lowest BCUT2D eigenvalue weighted by molar-refractivity contribution is 0.417. The summed E-state index contributed by atoms with van der Waals surface area (Å²) in [5.74, 6) is 4.10. The number of benzene rings is 1. The molecule has 96 valence electrons. The molecule has 0 aliphatic heterocycles. The van der Waals surface area contributed by atoms with Crippen LogP contribution in [0, 0.1) is 35.4 Å². The van der Waals surface area contributed by atoms with Crippen molar-refractivity contribution in [2.24, 2.45) is 35.3 Å². The van der Waals surface area contributed by atoms with Crippen LogP contribution >= 0.6 is 15.9 Å². The van der Waals surface area contributed by atoms with Crippen molar-refractivity contribution in [1.29, 1.82) is 0 Å². The van der Waals surface area contributed by atoms with E-state index in [4.69, 9.17) is 5.73 Å². The van der Waals surface area contributed by atoms with Gasteiger partial charge >= 0.3 is 0 Å². The third-order valence-corrected chi connectivity index (χ3v) is 6.15. The van der Waals surface area contributed by atoms with Crippen molar-refractivity contribution in [3.05, 3.63) is 34.1 Å². The Hall–Kier alpha value is -0.410. The fourth-order valence-corrected chi connectivity index (χ4v) is 5.21. The molecule has 2 N–H and O–H groups in total. The van der Waals surface area contributed by atoms with Gasteiger partial charge in [-0.25, -0.2) is 4.39 Å². The van der Waals surface area contributed by atoms with Gasteiger partial charge in [-0.05, 0) is 82.5 Å². The van der Waals surface area contributed by atoms with Crippen LogP contribution in [-0.4, -0.2) is 0 Å². The zero-order chi connectivity index (χ0) is 12.4. The van der Waals surface area contributed by atoms with Crippen molar-refractivity contribution in [3.8, 4) is 0 Å². The third kappa shape index (κ3) is 1.47. The summed E-state index contributed by atoms with van der Waals surface area (Å²) in [6, 6.07) is 5.32. The Morgan fingerprint density at radius 2 is 1.89 bits per heavy atom. The monoisotopic (exact) mass is 309 g/mol. The van der Waals surface area contributed by atoms with Gasteiger partial charge in [0.1, 0.15) is 5.82 Å². The highest BCUT2D eigenvalue weighted by Gasteiger charge is 2.66. The molecular weight excluding hydrogens is 293 g/mol. The lowest BCUT2D eigenvalue weighted by Crippen LogP contribution is -2.17. The Morgan fingerprint density at radius 1 is 1.22 bits per heavy atom. The highest BCUT2D eigenvalue weighted by atomic mass is 79.9. The van der Waals surface area contributed by atoms with Gasteiger partial charge < -0.3 is 5.73 Å². The van der Waals surface area contributed by atoms with Gasteiger partial charge in [-0.1, -0.05) is 6.07 Å². The van der Waals surface area contributed by atoms with Gasteiger partial charge in [0, 0.05) is 6.04 Å². The number of fused-ring (bicyclic) bond motifs is 5. The van der Waals surface area contributed by atoms with E-state index >= 15 is 0 Å². The average Bonchev–Trinajstić information content (AvgIpc) is 2.80. The molecule has 0 aromatic heterocycles. The summed E-state index contributed by atoms with van der Waals surface area (Å²) in [6.45, 7) is 0. The summed E-state index contributed by atoms with van der Waals surface area (Å²) in [4.78, 5) is 0. The van der Waals surface area contributed by atoms with Gasteiger partial charge in [-0.15, -0.1) is 0 Å². The molecule has 0 saturated heterocycles. The first-order valence-corrected chi connectivity index (χ1v) is 7.66. The molecule has 0 heterocycles. The molecule has 3 heteroatoms. The number of hydrogen-bond donors (Lipinski definition) is 1. The smallest absolute Gasteiger partial charge is 0.137 e. The van der Waals surface area contributed by atoms with Crippen molar-refractivity contribution in [2.75, 3.05) is 0 Å². The Kier molecular flexibility index (Phi) is 2.41. The summed E-state index contributed by atoms with van der Waals surface area (Å²) < 4.78 is 13.8. The second-order valence-corrected chi connectivity index (χ2v) is 7.12. The molecule has 0 radical (unpaired) electrons. The summed E-state index contributed by atoms with van der Waals surface area (Å²) in [5.41, 5.74) is 7.50. The lowest BCUT2D eigenvalue weighted by Gasteiger charge is -2.17. The van der Waals surface area contributed by atoms with Gasteiger partial charge in [0.2, 0.25) is 0 Å². The van der Waals surface area contributed by atoms with Crippen LogP contribution in [0.4, 0.5) is 4.39 Å². The minimum absolute atomic E-state index is 0.0975. The normalized spacial score (nSPS) is 41.8. The van der Waals surface area contributed by atoms with E-state index in [9.17, 15) is 4.39 Å². The van der Waals surface area contributed by atoms with E-state index in [0.717, 1.165) is 29.2 Å². The fourth-order valence-electron chi connectivity index (χ4n) is 4.81. The van der Waals surface area contributed by atoms with Gasteiger partial charge in [-0.2, -0.15) is 0 Å². The summed E-state index contributed by atoms with van der Waals surface area (Å²) in [6.07, 6.45) is 4.29. The maximum Gasteiger partial charge on any atom is 0.137 e. The first-order valence-electron chi connectivity index (χ1n) is 6.87. The molecule has 1 nitrogen and oxygen atoms in total. The second kappa shape index (κ2) is 3.80. The molecule has 1 aromatic carbocycles. The molecule has 4 rings (SSSR count). The second-order valence-electron chi connectivity index (χ2n) is 6.26. The first-order chi connectivity index (χ1) is 8.66. The van der Waals surface area contributed by atoms with Crippen molar-refractivity contribution in [3.63, 3.8) is 0 Å². The minimum atomic E-state index is -0.206. The number of rotatable bonds is 2. The third-order valence-electron chi connectivity index (χ3n) is 5.54. The van der Waals surface area contributed by atoms with Crippen LogP contribution in [-0.2, 0) is 0 Å². The van der Waals surface area contributed by atoms with E-state index in [1.807, 2.05) is 12.1 Å². The van der Waals surface area contributed by atoms with Crippen LogP contribution in [0.15, 0.2) is 22.7 Å². The average molecular weight is 310 g/mol. The van der Waals surface area contributed by atoms with Crippen LogP contribution in [0.25, 0.3) is 0 Å². The number of halogens is 2. The predicted octanol–water partition coefficient (Wildman–Crippen LogP) is 3.88. The molecule has 18 heavy (non-hydrogen) atoms. The predicted molar refractivity (Wildman–Crippen MR) is 72.3 cm³/mol. The zero-order valence-corrected chi connectivity index (χ0v) is 11.7. The van der Waals surface area contributed by atoms with E-state index in [0.29, 0.717) is 10.4 Å². The van der Waals surface area contributed by atoms with Crippen molar-refractivity contribution in [1.82, 2.24) is 0 Å². The van der Waals surface area contributed by atoms with Gasteiger partial charge in [-0.3, -0.25) is 0 Å². The molecule has 0 amide bonds. The Balaban J connectivity index is 1.58. The van der Waals surface area contributed by atoms with Crippen molar-refractivity contribution >= 4 is 15.9 Å². The first kappa shape index (κ1) is 11.4. The molecule has 0 spiro atoms. The Labute approximate surface area is 115 Å². The van der Waals surface area contributed by atoms with Crippen LogP contribution < -0.4 is 5.73 Å². The highest BCUT2D eigenvalue weighted by molar-refractivity contribution is 9.10. The van der Waals surface area contributed by atoms with Gasteiger partial charge in [0.05, 0.1) is 4.47 Å². The molecule has 5 atom stereocenters. The minimum Gasteiger partial charge on any atom is -0.324 e. The molecule has 5 unspecified atom stereocenters. The summed E-state index contributed by atoms with van der Waals surface area (Å²) >= 11 is 3.25. The summed E-state index contributed by atoms with van der Waals surface area (Å²) in [5, 5.41) is 0. The molecule has 1 aromatic rings. The van der Waals surface area contributed by atoms with Crippen molar-refractivity contribution in [2.45, 2.75) is 25.3 Å². The van der Waals surface area contributed by atoms with E-state index in [1.54, 1.807) is 0 Å². The fraction of sp³-hybridized carbons (Fsp3) is 0.600. The van der Waals surface area contributed by atoms with Gasteiger partial charge in [0.25, 0.3) is 0 Å². The lowest BCUT2D eigenvalue weighted by atomic mass is 9.93. The van der Waals surface area contributed by atoms with Crippen molar-refractivity contribution < 1.29 is 4.39 Å². The van der Waals surface area contributed by atoms with Crippen LogP contribution in [0.3, 0.4) is 0 Å². The van der Waals surface area contributed by atoms with E-state index < -0.39 is 0 Å². The van der Waals surface area contributed by atoms with Gasteiger partial charge in [0.15, 0.2) is 0 Å². The molecule has 2 bridgehead atoms. The Morgan fingerprint density at radius 3 is 2.50 bits per heavy atom. The SMILES string of the molecule is NC(c1ccc(F)c(Br)c1)C1C2C3CCC(C3)C21. The highest BCUT2D eigenvalue weighted by Crippen LogP contribution is 2.71.